The molecule has 1 aromatic rings. The average Bonchev–Trinajstić information content (AvgIpc) is 2.60. The van der Waals surface area contributed by atoms with Crippen molar-refractivity contribution in [2.45, 2.75) is 25.8 Å². The minimum atomic E-state index is -0.932. The van der Waals surface area contributed by atoms with E-state index in [1.807, 2.05) is 0 Å². The lowest BCUT2D eigenvalue weighted by Gasteiger charge is -2.21. The number of carboxylic acid groups (broad SMARTS) is 1. The number of fused-ring (bicyclic) bond motifs is 1. The van der Waals surface area contributed by atoms with E-state index in [0.29, 0.717) is 11.1 Å². The molecule has 18 heavy (non-hydrogen) atoms. The van der Waals surface area contributed by atoms with E-state index in [2.05, 4.69) is 0 Å². The molecule has 0 spiro atoms. The fraction of sp³-hybridized carbons (Fsp3) is 0.308. The molecule has 94 valence electrons. The van der Waals surface area contributed by atoms with E-state index in [9.17, 15) is 14.4 Å². The summed E-state index contributed by atoms with van der Waals surface area (Å²) in [6.45, 7) is 1.69. The number of hydrogen-bond donors (Lipinski definition) is 1. The van der Waals surface area contributed by atoms with Crippen molar-refractivity contribution in [3.63, 3.8) is 0 Å². The van der Waals surface area contributed by atoms with Gasteiger partial charge in [-0.3, -0.25) is 19.3 Å². The highest BCUT2D eigenvalue weighted by Gasteiger charge is 2.37. The van der Waals surface area contributed by atoms with E-state index >= 15 is 0 Å². The number of aliphatic carboxylic acids is 1. The quantitative estimate of drug-likeness (QED) is 0.819. The van der Waals surface area contributed by atoms with E-state index in [4.69, 9.17) is 5.11 Å². The lowest BCUT2D eigenvalue weighted by molar-refractivity contribution is -0.137. The van der Waals surface area contributed by atoms with Gasteiger partial charge in [-0.25, -0.2) is 0 Å². The number of imide groups is 1. The van der Waals surface area contributed by atoms with Crippen LogP contribution in [0.25, 0.3) is 0 Å². The van der Waals surface area contributed by atoms with Gasteiger partial charge in [0.15, 0.2) is 0 Å². The molecule has 0 radical (unpaired) electrons. The van der Waals surface area contributed by atoms with Crippen molar-refractivity contribution >= 4 is 17.8 Å². The van der Waals surface area contributed by atoms with Crippen LogP contribution in [-0.4, -0.2) is 33.8 Å². The maximum absolute atomic E-state index is 12.1. The number of carboxylic acids is 1. The molecular formula is C13H13NO4. The molecule has 0 fully saturated rings. The summed E-state index contributed by atoms with van der Waals surface area (Å²) in [5.41, 5.74) is 0.786. The Balaban J connectivity index is 2.20. The topological polar surface area (TPSA) is 74.7 Å². The second kappa shape index (κ2) is 4.60. The summed E-state index contributed by atoms with van der Waals surface area (Å²) in [6.07, 6.45) is 0.204. The van der Waals surface area contributed by atoms with Gasteiger partial charge in [0, 0.05) is 12.5 Å². The van der Waals surface area contributed by atoms with Crippen molar-refractivity contribution in [3.8, 4) is 0 Å². The van der Waals surface area contributed by atoms with Gasteiger partial charge in [0.05, 0.1) is 11.1 Å². The summed E-state index contributed by atoms with van der Waals surface area (Å²) >= 11 is 0. The van der Waals surface area contributed by atoms with Crippen LogP contribution in [0.15, 0.2) is 24.3 Å². The Hall–Kier alpha value is -2.17. The van der Waals surface area contributed by atoms with Crippen LogP contribution >= 0.6 is 0 Å². The molecule has 5 nitrogen and oxygen atoms in total. The highest BCUT2D eigenvalue weighted by atomic mass is 16.4. The predicted octanol–water partition coefficient (Wildman–Crippen LogP) is 1.54. The first kappa shape index (κ1) is 12.3. The molecule has 0 bridgehead atoms. The third-order valence-electron chi connectivity index (χ3n) is 3.04. The van der Waals surface area contributed by atoms with Crippen LogP contribution in [0.4, 0.5) is 0 Å². The first-order chi connectivity index (χ1) is 8.52. The molecule has 0 aliphatic carbocycles. The summed E-state index contributed by atoms with van der Waals surface area (Å²) in [5, 5.41) is 8.62. The van der Waals surface area contributed by atoms with Crippen molar-refractivity contribution in [3.05, 3.63) is 35.4 Å². The zero-order chi connectivity index (χ0) is 13.3. The molecule has 0 aromatic heterocycles. The molecule has 0 saturated carbocycles. The Bertz CT molecular complexity index is 488. The van der Waals surface area contributed by atoms with Crippen molar-refractivity contribution in [1.82, 2.24) is 4.90 Å². The Labute approximate surface area is 104 Å². The van der Waals surface area contributed by atoms with E-state index in [0.717, 1.165) is 4.90 Å². The molecule has 2 rings (SSSR count). The summed E-state index contributed by atoms with van der Waals surface area (Å²) in [4.78, 5) is 35.8. The molecule has 0 unspecified atom stereocenters. The lowest BCUT2D eigenvalue weighted by Crippen LogP contribution is -2.38. The predicted molar refractivity (Wildman–Crippen MR) is 63.3 cm³/mol. The van der Waals surface area contributed by atoms with Gasteiger partial charge in [0.2, 0.25) is 0 Å². The van der Waals surface area contributed by atoms with Gasteiger partial charge in [-0.05, 0) is 25.5 Å². The fourth-order valence-corrected chi connectivity index (χ4v) is 2.07. The number of hydrogen-bond acceptors (Lipinski definition) is 3. The van der Waals surface area contributed by atoms with Gasteiger partial charge in [0.25, 0.3) is 11.8 Å². The van der Waals surface area contributed by atoms with Gasteiger partial charge >= 0.3 is 5.97 Å². The maximum Gasteiger partial charge on any atom is 0.303 e. The summed E-state index contributed by atoms with van der Waals surface area (Å²) in [7, 11) is 0. The second-order valence-electron chi connectivity index (χ2n) is 4.31. The summed E-state index contributed by atoms with van der Waals surface area (Å²) < 4.78 is 0. The van der Waals surface area contributed by atoms with E-state index < -0.39 is 12.0 Å². The Morgan fingerprint density at radius 1 is 1.22 bits per heavy atom. The third-order valence-corrected chi connectivity index (χ3v) is 3.04. The van der Waals surface area contributed by atoms with Crippen LogP contribution in [0.3, 0.4) is 0 Å². The fourth-order valence-electron chi connectivity index (χ4n) is 2.07. The molecule has 2 amide bonds. The van der Waals surface area contributed by atoms with Crippen molar-refractivity contribution in [2.75, 3.05) is 0 Å². The van der Waals surface area contributed by atoms with Crippen LogP contribution in [0, 0.1) is 0 Å². The number of rotatable bonds is 4. The van der Waals surface area contributed by atoms with Crippen LogP contribution in [0.2, 0.25) is 0 Å². The number of carbonyl (C=O) groups is 3. The normalized spacial score (nSPS) is 15.7. The molecule has 1 aliphatic rings. The van der Waals surface area contributed by atoms with Gasteiger partial charge < -0.3 is 5.11 Å². The summed E-state index contributed by atoms with van der Waals surface area (Å²) in [6, 6.07) is 6.22. The van der Waals surface area contributed by atoms with E-state index in [1.54, 1.807) is 31.2 Å². The van der Waals surface area contributed by atoms with Crippen molar-refractivity contribution in [2.24, 2.45) is 0 Å². The van der Waals surface area contributed by atoms with Gasteiger partial charge in [-0.2, -0.15) is 0 Å². The molecule has 1 N–H and O–H groups in total. The Morgan fingerprint density at radius 2 is 1.72 bits per heavy atom. The zero-order valence-corrected chi connectivity index (χ0v) is 9.92. The molecule has 0 saturated heterocycles. The number of carbonyl (C=O) groups excluding carboxylic acids is 2. The minimum Gasteiger partial charge on any atom is -0.481 e. The van der Waals surface area contributed by atoms with Gasteiger partial charge in [-0.15, -0.1) is 0 Å². The van der Waals surface area contributed by atoms with Crippen LogP contribution < -0.4 is 0 Å². The van der Waals surface area contributed by atoms with Crippen molar-refractivity contribution in [1.29, 1.82) is 0 Å². The molecular weight excluding hydrogens is 234 g/mol. The SMILES string of the molecule is C[C@H](CCC(=O)O)N1C(=O)c2ccccc2C1=O. The molecule has 5 heteroatoms. The van der Waals surface area contributed by atoms with Crippen LogP contribution in [0.1, 0.15) is 40.5 Å². The molecule has 1 atom stereocenters. The smallest absolute Gasteiger partial charge is 0.303 e. The van der Waals surface area contributed by atoms with E-state index in [1.165, 1.54) is 0 Å². The largest absolute Gasteiger partial charge is 0.481 e. The number of benzene rings is 1. The van der Waals surface area contributed by atoms with Crippen molar-refractivity contribution < 1.29 is 19.5 Å². The first-order valence-corrected chi connectivity index (χ1v) is 5.71. The molecule has 1 aromatic carbocycles. The number of amides is 2. The van der Waals surface area contributed by atoms with E-state index in [-0.39, 0.29) is 24.7 Å². The first-order valence-electron chi connectivity index (χ1n) is 5.71. The molecule has 1 aliphatic heterocycles. The Kier molecular flexibility index (Phi) is 3.14. The standard InChI is InChI=1S/C13H13NO4/c1-8(6-7-11(15)16)14-12(17)9-4-2-3-5-10(9)13(14)18/h2-5,8H,6-7H2,1H3,(H,15,16)/t8-/m1/s1. The third kappa shape index (κ3) is 1.99. The zero-order valence-electron chi connectivity index (χ0n) is 9.92. The maximum atomic E-state index is 12.1. The number of nitrogens with zero attached hydrogens (tertiary/aromatic N) is 1. The highest BCUT2D eigenvalue weighted by Crippen LogP contribution is 2.25. The average molecular weight is 247 g/mol. The molecule has 1 heterocycles. The lowest BCUT2D eigenvalue weighted by atomic mass is 10.1. The minimum absolute atomic E-state index is 0.0609. The summed E-state index contributed by atoms with van der Waals surface area (Å²) in [5.74, 6) is -1.61. The van der Waals surface area contributed by atoms with Crippen LogP contribution in [-0.2, 0) is 4.79 Å². The second-order valence-corrected chi connectivity index (χ2v) is 4.31. The highest BCUT2D eigenvalue weighted by molar-refractivity contribution is 6.21. The van der Waals surface area contributed by atoms with Crippen LogP contribution in [0.5, 0.6) is 0 Å². The van der Waals surface area contributed by atoms with Gasteiger partial charge in [0.1, 0.15) is 0 Å². The monoisotopic (exact) mass is 247 g/mol. The Morgan fingerprint density at radius 3 is 2.17 bits per heavy atom. The van der Waals surface area contributed by atoms with Gasteiger partial charge in [-0.1, -0.05) is 12.1 Å².